The Labute approximate surface area is 131 Å². The Balaban J connectivity index is 1.75. The van der Waals surface area contributed by atoms with Crippen LogP contribution < -0.4 is 5.32 Å². The Bertz CT molecular complexity index is 569. The molecule has 1 N–H and O–H groups in total. The number of hydrogen-bond acceptors (Lipinski definition) is 2. The lowest BCUT2D eigenvalue weighted by atomic mass is 10.1. The summed E-state index contributed by atoms with van der Waals surface area (Å²) < 4.78 is 0.887. The first-order chi connectivity index (χ1) is 9.63. The molecule has 0 radical (unpaired) electrons. The van der Waals surface area contributed by atoms with Crippen molar-refractivity contribution in [3.63, 3.8) is 0 Å². The van der Waals surface area contributed by atoms with Crippen LogP contribution in [0.3, 0.4) is 0 Å². The third-order valence-electron chi connectivity index (χ3n) is 2.78. The highest BCUT2D eigenvalue weighted by atomic mass is 79.9. The molecule has 0 bridgehead atoms. The molecule has 0 saturated carbocycles. The summed E-state index contributed by atoms with van der Waals surface area (Å²) in [5.41, 5.74) is 1.18. The minimum atomic E-state index is -0.0196. The molecule has 1 aromatic heterocycles. The van der Waals surface area contributed by atoms with E-state index in [0.717, 1.165) is 22.3 Å². The number of aryl methyl sites for hydroxylation is 1. The van der Waals surface area contributed by atoms with Gasteiger partial charge in [-0.2, -0.15) is 0 Å². The van der Waals surface area contributed by atoms with E-state index in [2.05, 4.69) is 26.2 Å². The van der Waals surface area contributed by atoms with Crippen LogP contribution in [0.5, 0.6) is 0 Å². The highest BCUT2D eigenvalue weighted by molar-refractivity contribution is 9.10. The van der Waals surface area contributed by atoms with E-state index >= 15 is 0 Å². The minimum absolute atomic E-state index is 0.0196. The second-order valence-electron chi connectivity index (χ2n) is 4.39. The van der Waals surface area contributed by atoms with E-state index in [0.29, 0.717) is 12.2 Å². The third-order valence-corrected chi connectivity index (χ3v) is 3.50. The fourth-order valence-corrected chi connectivity index (χ4v) is 2.12. The van der Waals surface area contributed by atoms with Gasteiger partial charge in [-0.1, -0.05) is 23.7 Å². The summed E-state index contributed by atoms with van der Waals surface area (Å²) in [5.74, 6) is 0.554. The van der Waals surface area contributed by atoms with Gasteiger partial charge in [0.2, 0.25) is 5.91 Å². The number of hydrogen-bond donors (Lipinski definition) is 1. The molecule has 2 rings (SSSR count). The zero-order valence-corrected chi connectivity index (χ0v) is 13.1. The summed E-state index contributed by atoms with van der Waals surface area (Å²) in [6, 6.07) is 11.3. The van der Waals surface area contributed by atoms with Crippen molar-refractivity contribution in [3.05, 3.63) is 57.7 Å². The van der Waals surface area contributed by atoms with Crippen LogP contribution in [0, 0.1) is 0 Å². The molecule has 1 heterocycles. The maximum atomic E-state index is 11.8. The number of carbonyl (C=O) groups is 1. The second-order valence-corrected chi connectivity index (χ2v) is 5.74. The summed E-state index contributed by atoms with van der Waals surface area (Å²) in [6.45, 7) is 0. The first-order valence-electron chi connectivity index (χ1n) is 6.29. The first kappa shape index (κ1) is 15.0. The van der Waals surface area contributed by atoms with Crippen LogP contribution >= 0.6 is 27.5 Å². The number of benzene rings is 1. The molecule has 0 saturated heterocycles. The Morgan fingerprint density at radius 2 is 1.95 bits per heavy atom. The minimum Gasteiger partial charge on any atom is -0.311 e. The van der Waals surface area contributed by atoms with E-state index in [1.165, 1.54) is 5.56 Å². The molecule has 104 valence electrons. The molecule has 5 heteroatoms. The standard InChI is InChI=1S/C15H14BrClN2O/c16-12-6-9-14(18-10-12)19-15(20)3-1-2-11-4-7-13(17)8-5-11/h4-10H,1-3H2,(H,18,19,20). The zero-order valence-electron chi connectivity index (χ0n) is 10.8. The largest absolute Gasteiger partial charge is 0.311 e. The van der Waals surface area contributed by atoms with Gasteiger partial charge in [-0.25, -0.2) is 4.98 Å². The lowest BCUT2D eigenvalue weighted by Gasteiger charge is -2.04. The topological polar surface area (TPSA) is 42.0 Å². The molecule has 0 fully saturated rings. The average molecular weight is 354 g/mol. The van der Waals surface area contributed by atoms with Crippen LogP contribution in [0.2, 0.25) is 5.02 Å². The normalized spacial score (nSPS) is 10.3. The van der Waals surface area contributed by atoms with Crippen LogP contribution in [0.25, 0.3) is 0 Å². The summed E-state index contributed by atoms with van der Waals surface area (Å²) in [6.07, 6.45) is 3.78. The van der Waals surface area contributed by atoms with Crippen LogP contribution in [-0.2, 0) is 11.2 Å². The van der Waals surface area contributed by atoms with E-state index in [9.17, 15) is 4.79 Å². The molecule has 0 aliphatic carbocycles. The molecule has 0 aliphatic heterocycles. The molecule has 0 atom stereocenters. The molecular formula is C15H14BrClN2O. The van der Waals surface area contributed by atoms with Crippen LogP contribution in [0.1, 0.15) is 18.4 Å². The molecule has 0 aliphatic rings. The Morgan fingerprint density at radius 3 is 2.60 bits per heavy atom. The lowest BCUT2D eigenvalue weighted by molar-refractivity contribution is -0.116. The number of pyridine rings is 1. The van der Waals surface area contributed by atoms with Crippen molar-refractivity contribution in [2.45, 2.75) is 19.3 Å². The monoisotopic (exact) mass is 352 g/mol. The van der Waals surface area contributed by atoms with Gasteiger partial charge in [0, 0.05) is 22.1 Å². The summed E-state index contributed by atoms with van der Waals surface area (Å²) in [5, 5.41) is 3.50. The van der Waals surface area contributed by atoms with Crippen LogP contribution in [-0.4, -0.2) is 10.9 Å². The fraction of sp³-hybridized carbons (Fsp3) is 0.200. The summed E-state index contributed by atoms with van der Waals surface area (Å²) >= 11 is 9.12. The molecule has 3 nitrogen and oxygen atoms in total. The number of rotatable bonds is 5. The van der Waals surface area contributed by atoms with Gasteiger partial charge in [-0.3, -0.25) is 4.79 Å². The van der Waals surface area contributed by atoms with Crippen molar-refractivity contribution in [1.29, 1.82) is 0 Å². The molecule has 1 aromatic carbocycles. The number of nitrogens with one attached hydrogen (secondary N) is 1. The van der Waals surface area contributed by atoms with E-state index < -0.39 is 0 Å². The maximum Gasteiger partial charge on any atom is 0.225 e. The molecule has 0 unspecified atom stereocenters. The van der Waals surface area contributed by atoms with Gasteiger partial charge in [0.05, 0.1) is 0 Å². The first-order valence-corrected chi connectivity index (χ1v) is 7.46. The number of nitrogens with zero attached hydrogens (tertiary/aromatic N) is 1. The number of aromatic nitrogens is 1. The van der Waals surface area contributed by atoms with E-state index in [1.54, 1.807) is 12.3 Å². The highest BCUT2D eigenvalue weighted by Crippen LogP contribution is 2.13. The van der Waals surface area contributed by atoms with Crippen LogP contribution in [0.4, 0.5) is 5.82 Å². The average Bonchev–Trinajstić information content (AvgIpc) is 2.44. The van der Waals surface area contributed by atoms with E-state index in [1.807, 2.05) is 30.3 Å². The Morgan fingerprint density at radius 1 is 1.20 bits per heavy atom. The lowest BCUT2D eigenvalue weighted by Crippen LogP contribution is -2.12. The van der Waals surface area contributed by atoms with Gasteiger partial charge in [0.15, 0.2) is 0 Å². The maximum absolute atomic E-state index is 11.8. The number of carbonyl (C=O) groups excluding carboxylic acids is 1. The van der Waals surface area contributed by atoms with Crippen molar-refractivity contribution in [2.24, 2.45) is 0 Å². The Kier molecular flexibility index (Phi) is 5.56. The van der Waals surface area contributed by atoms with Gasteiger partial charge in [-0.15, -0.1) is 0 Å². The SMILES string of the molecule is O=C(CCCc1ccc(Cl)cc1)Nc1ccc(Br)cn1. The van der Waals surface area contributed by atoms with Gasteiger partial charge < -0.3 is 5.32 Å². The predicted octanol–water partition coefficient (Wildman–Crippen LogP) is 4.46. The number of anilines is 1. The number of halogens is 2. The van der Waals surface area contributed by atoms with Gasteiger partial charge >= 0.3 is 0 Å². The molecule has 20 heavy (non-hydrogen) atoms. The molecule has 1 amide bonds. The second kappa shape index (κ2) is 7.41. The van der Waals surface area contributed by atoms with Crippen LogP contribution in [0.15, 0.2) is 47.1 Å². The smallest absolute Gasteiger partial charge is 0.225 e. The van der Waals surface area contributed by atoms with E-state index in [4.69, 9.17) is 11.6 Å². The van der Waals surface area contributed by atoms with Gasteiger partial charge in [0.1, 0.15) is 5.82 Å². The highest BCUT2D eigenvalue weighted by Gasteiger charge is 2.03. The summed E-state index contributed by atoms with van der Waals surface area (Å²) in [7, 11) is 0. The van der Waals surface area contributed by atoms with Crippen molar-refractivity contribution >= 4 is 39.3 Å². The quantitative estimate of drug-likeness (QED) is 0.862. The van der Waals surface area contributed by atoms with E-state index in [-0.39, 0.29) is 5.91 Å². The van der Waals surface area contributed by atoms with Gasteiger partial charge in [-0.05, 0) is 58.6 Å². The molecule has 0 spiro atoms. The zero-order chi connectivity index (χ0) is 14.4. The van der Waals surface area contributed by atoms with Crippen molar-refractivity contribution in [1.82, 2.24) is 4.98 Å². The number of amides is 1. The third kappa shape index (κ3) is 4.94. The molecule has 2 aromatic rings. The van der Waals surface area contributed by atoms with Gasteiger partial charge in [0.25, 0.3) is 0 Å². The van der Waals surface area contributed by atoms with Crippen molar-refractivity contribution in [2.75, 3.05) is 5.32 Å². The van der Waals surface area contributed by atoms with Crippen molar-refractivity contribution < 1.29 is 4.79 Å². The predicted molar refractivity (Wildman–Crippen MR) is 85.0 cm³/mol. The Hall–Kier alpha value is -1.39. The molecular weight excluding hydrogens is 340 g/mol. The van der Waals surface area contributed by atoms with Crippen molar-refractivity contribution in [3.8, 4) is 0 Å². The fourth-order valence-electron chi connectivity index (χ4n) is 1.76. The summed E-state index contributed by atoms with van der Waals surface area (Å²) in [4.78, 5) is 15.9.